The molecule has 0 saturated heterocycles. The topological polar surface area (TPSA) is 29.3 Å². The summed E-state index contributed by atoms with van der Waals surface area (Å²) in [5.41, 5.74) is 9.75. The van der Waals surface area contributed by atoms with Gasteiger partial charge in [0.15, 0.2) is 0 Å². The van der Waals surface area contributed by atoms with Gasteiger partial charge in [-0.1, -0.05) is 42.8 Å². The fraction of sp³-hybridized carbons (Fsp3) is 0.333. The van der Waals surface area contributed by atoms with Crippen LogP contribution in [0, 0.1) is 0 Å². The van der Waals surface area contributed by atoms with E-state index in [9.17, 15) is 0 Å². The molecule has 2 nitrogen and oxygen atoms in total. The SMILES string of the molecule is CCC(N)Cc1ccc(N(C)Cc2ccc(Cl)cc2)cc1. The van der Waals surface area contributed by atoms with Crippen LogP contribution in [0.15, 0.2) is 48.5 Å². The Kier molecular flexibility index (Phi) is 5.66. The minimum Gasteiger partial charge on any atom is -0.370 e. The number of nitrogens with two attached hydrogens (primary N) is 1. The third-order valence-corrected chi connectivity index (χ3v) is 3.98. The van der Waals surface area contributed by atoms with Gasteiger partial charge in [0, 0.05) is 30.3 Å². The Bertz CT molecular complexity index is 548. The van der Waals surface area contributed by atoms with Gasteiger partial charge in [-0.05, 0) is 48.2 Å². The first-order valence-electron chi connectivity index (χ1n) is 7.38. The van der Waals surface area contributed by atoms with Crippen LogP contribution >= 0.6 is 11.6 Å². The smallest absolute Gasteiger partial charge is 0.0426 e. The molecule has 2 aromatic carbocycles. The van der Waals surface area contributed by atoms with Crippen molar-refractivity contribution in [3.63, 3.8) is 0 Å². The van der Waals surface area contributed by atoms with Crippen molar-refractivity contribution in [3.8, 4) is 0 Å². The lowest BCUT2D eigenvalue weighted by atomic mass is 10.0. The van der Waals surface area contributed by atoms with Crippen molar-refractivity contribution < 1.29 is 0 Å². The molecule has 1 atom stereocenters. The molecule has 0 aliphatic rings. The molecular formula is C18H23ClN2. The van der Waals surface area contributed by atoms with E-state index >= 15 is 0 Å². The summed E-state index contributed by atoms with van der Waals surface area (Å²) in [6, 6.07) is 16.9. The van der Waals surface area contributed by atoms with Crippen LogP contribution in [0.2, 0.25) is 5.02 Å². The predicted molar refractivity (Wildman–Crippen MR) is 92.0 cm³/mol. The average molecular weight is 303 g/mol. The molecule has 2 aromatic rings. The lowest BCUT2D eigenvalue weighted by molar-refractivity contribution is 0.646. The molecule has 0 aliphatic carbocycles. The quantitative estimate of drug-likeness (QED) is 0.864. The van der Waals surface area contributed by atoms with Gasteiger partial charge in [0.2, 0.25) is 0 Å². The van der Waals surface area contributed by atoms with Crippen molar-refractivity contribution in [2.24, 2.45) is 5.73 Å². The van der Waals surface area contributed by atoms with Crippen LogP contribution in [0.25, 0.3) is 0 Å². The van der Waals surface area contributed by atoms with Crippen LogP contribution in [-0.2, 0) is 13.0 Å². The minimum absolute atomic E-state index is 0.252. The first-order valence-corrected chi connectivity index (χ1v) is 7.76. The summed E-state index contributed by atoms with van der Waals surface area (Å²) >= 11 is 5.91. The third kappa shape index (κ3) is 4.76. The molecule has 0 amide bonds. The van der Waals surface area contributed by atoms with Gasteiger partial charge in [-0.15, -0.1) is 0 Å². The standard InChI is InChI=1S/C18H23ClN2/c1-3-17(20)12-14-6-10-18(11-7-14)21(2)13-15-4-8-16(19)9-5-15/h4-11,17H,3,12-13,20H2,1-2H3. The van der Waals surface area contributed by atoms with Crippen LogP contribution in [0.3, 0.4) is 0 Å². The molecule has 0 saturated carbocycles. The van der Waals surface area contributed by atoms with Gasteiger partial charge in [0.05, 0.1) is 0 Å². The lowest BCUT2D eigenvalue weighted by Gasteiger charge is -2.20. The van der Waals surface area contributed by atoms with Gasteiger partial charge in [-0.25, -0.2) is 0 Å². The predicted octanol–water partition coefficient (Wildman–Crippen LogP) is 4.26. The van der Waals surface area contributed by atoms with E-state index in [1.807, 2.05) is 12.1 Å². The maximum absolute atomic E-state index is 6.00. The fourth-order valence-corrected chi connectivity index (χ4v) is 2.41. The molecule has 0 aliphatic heterocycles. The molecule has 1 unspecified atom stereocenters. The number of rotatable bonds is 6. The Morgan fingerprint density at radius 3 is 2.14 bits per heavy atom. The molecule has 21 heavy (non-hydrogen) atoms. The second-order valence-corrected chi connectivity index (χ2v) is 5.96. The van der Waals surface area contributed by atoms with Crippen LogP contribution in [-0.4, -0.2) is 13.1 Å². The molecule has 0 aromatic heterocycles. The maximum atomic E-state index is 6.00. The Balaban J connectivity index is 1.99. The molecule has 0 heterocycles. The monoisotopic (exact) mass is 302 g/mol. The summed E-state index contributed by atoms with van der Waals surface area (Å²) < 4.78 is 0. The summed E-state index contributed by atoms with van der Waals surface area (Å²) in [6.07, 6.45) is 1.95. The van der Waals surface area contributed by atoms with E-state index in [-0.39, 0.29) is 6.04 Å². The Hall–Kier alpha value is -1.51. The summed E-state index contributed by atoms with van der Waals surface area (Å²) in [4.78, 5) is 2.23. The highest BCUT2D eigenvalue weighted by atomic mass is 35.5. The molecule has 3 heteroatoms. The van der Waals surface area contributed by atoms with E-state index in [2.05, 4.69) is 55.3 Å². The fourth-order valence-electron chi connectivity index (χ4n) is 2.29. The molecule has 2 N–H and O–H groups in total. The van der Waals surface area contributed by atoms with E-state index in [1.54, 1.807) is 0 Å². The van der Waals surface area contributed by atoms with Gasteiger partial charge < -0.3 is 10.6 Å². The van der Waals surface area contributed by atoms with Gasteiger partial charge in [0.25, 0.3) is 0 Å². The highest BCUT2D eigenvalue weighted by Crippen LogP contribution is 2.18. The summed E-state index contributed by atoms with van der Waals surface area (Å²) in [5.74, 6) is 0. The molecule has 0 radical (unpaired) electrons. The van der Waals surface area contributed by atoms with E-state index in [1.165, 1.54) is 16.8 Å². The van der Waals surface area contributed by atoms with Gasteiger partial charge >= 0.3 is 0 Å². The first kappa shape index (κ1) is 15.9. The van der Waals surface area contributed by atoms with Crippen molar-refractivity contribution >= 4 is 17.3 Å². The van der Waals surface area contributed by atoms with Crippen molar-refractivity contribution in [2.75, 3.05) is 11.9 Å². The van der Waals surface area contributed by atoms with E-state index < -0.39 is 0 Å². The Morgan fingerprint density at radius 2 is 1.57 bits per heavy atom. The molecule has 0 bridgehead atoms. The highest BCUT2D eigenvalue weighted by molar-refractivity contribution is 6.30. The molecular weight excluding hydrogens is 280 g/mol. The zero-order valence-corrected chi connectivity index (χ0v) is 13.5. The van der Waals surface area contributed by atoms with Crippen LogP contribution in [0.4, 0.5) is 5.69 Å². The average Bonchev–Trinajstić information content (AvgIpc) is 2.50. The number of hydrogen-bond donors (Lipinski definition) is 1. The van der Waals surface area contributed by atoms with Crippen LogP contribution in [0.5, 0.6) is 0 Å². The first-order chi connectivity index (χ1) is 10.1. The van der Waals surface area contributed by atoms with Gasteiger partial charge in [-0.3, -0.25) is 0 Å². The zero-order chi connectivity index (χ0) is 15.2. The van der Waals surface area contributed by atoms with E-state index in [0.717, 1.165) is 24.4 Å². The summed E-state index contributed by atoms with van der Waals surface area (Å²) in [5, 5.41) is 0.776. The number of benzene rings is 2. The summed E-state index contributed by atoms with van der Waals surface area (Å²) in [6.45, 7) is 2.99. The highest BCUT2D eigenvalue weighted by Gasteiger charge is 2.04. The molecule has 0 fully saturated rings. The van der Waals surface area contributed by atoms with E-state index in [4.69, 9.17) is 17.3 Å². The molecule has 112 valence electrons. The normalized spacial score (nSPS) is 12.2. The van der Waals surface area contributed by atoms with Crippen molar-refractivity contribution in [1.29, 1.82) is 0 Å². The Labute approximate surface area is 132 Å². The lowest BCUT2D eigenvalue weighted by Crippen LogP contribution is -2.21. The molecule has 2 rings (SSSR count). The van der Waals surface area contributed by atoms with Crippen molar-refractivity contribution in [1.82, 2.24) is 0 Å². The van der Waals surface area contributed by atoms with Crippen LogP contribution in [0.1, 0.15) is 24.5 Å². The second kappa shape index (κ2) is 7.48. The van der Waals surface area contributed by atoms with Crippen molar-refractivity contribution in [3.05, 3.63) is 64.7 Å². The van der Waals surface area contributed by atoms with Gasteiger partial charge in [-0.2, -0.15) is 0 Å². The van der Waals surface area contributed by atoms with Gasteiger partial charge in [0.1, 0.15) is 0 Å². The maximum Gasteiger partial charge on any atom is 0.0426 e. The number of nitrogens with zero attached hydrogens (tertiary/aromatic N) is 1. The summed E-state index contributed by atoms with van der Waals surface area (Å²) in [7, 11) is 2.10. The second-order valence-electron chi connectivity index (χ2n) is 5.52. The largest absolute Gasteiger partial charge is 0.370 e. The van der Waals surface area contributed by atoms with E-state index in [0.29, 0.717) is 0 Å². The van der Waals surface area contributed by atoms with Crippen molar-refractivity contribution in [2.45, 2.75) is 32.4 Å². The number of anilines is 1. The third-order valence-electron chi connectivity index (χ3n) is 3.73. The van der Waals surface area contributed by atoms with Crippen LogP contribution < -0.4 is 10.6 Å². The zero-order valence-electron chi connectivity index (χ0n) is 12.7. The molecule has 0 spiro atoms. The minimum atomic E-state index is 0.252. The number of hydrogen-bond acceptors (Lipinski definition) is 2. The number of halogens is 1. The Morgan fingerprint density at radius 1 is 1.00 bits per heavy atom.